The number of rotatable bonds is 2. The predicted molar refractivity (Wildman–Crippen MR) is 62.8 cm³/mol. The van der Waals surface area contributed by atoms with Crippen molar-refractivity contribution in [2.75, 3.05) is 0 Å². The van der Waals surface area contributed by atoms with E-state index in [0.29, 0.717) is 0 Å². The quantitative estimate of drug-likeness (QED) is 0.695. The maximum Gasteiger partial charge on any atom is 0.268 e. The molecule has 1 amide bonds. The fourth-order valence-electron chi connectivity index (χ4n) is 2.06. The first kappa shape index (κ1) is 11.9. The van der Waals surface area contributed by atoms with Crippen molar-refractivity contribution in [2.45, 2.75) is 37.8 Å². The number of carbonyl (C=O) groups excluding carboxylic acids is 1. The van der Waals surface area contributed by atoms with Gasteiger partial charge in [-0.3, -0.25) is 9.59 Å². The molecule has 1 heterocycles. The molecule has 1 aromatic rings. The largest absolute Gasteiger partial charge is 0.393 e. The van der Waals surface area contributed by atoms with Crippen LogP contribution in [0.1, 0.15) is 36.2 Å². The lowest BCUT2D eigenvalue weighted by molar-refractivity contribution is 0.0863. The zero-order valence-corrected chi connectivity index (χ0v) is 9.48. The van der Waals surface area contributed by atoms with E-state index in [2.05, 4.69) is 10.3 Å². The van der Waals surface area contributed by atoms with E-state index < -0.39 is 0 Å². The fourth-order valence-corrected chi connectivity index (χ4v) is 2.06. The second-order valence-electron chi connectivity index (χ2n) is 4.41. The Labute approximate surface area is 98.9 Å². The van der Waals surface area contributed by atoms with E-state index in [4.69, 9.17) is 0 Å². The molecule has 0 saturated heterocycles. The molecular formula is C12H16N2O3. The molecule has 0 aliphatic heterocycles. The topological polar surface area (TPSA) is 82.2 Å². The predicted octanol–water partition coefficient (Wildman–Crippen LogP) is 0.408. The van der Waals surface area contributed by atoms with E-state index in [0.717, 1.165) is 25.7 Å². The molecule has 0 spiro atoms. The molecule has 2 rings (SSSR count). The van der Waals surface area contributed by atoms with Gasteiger partial charge in [-0.1, -0.05) is 6.07 Å². The number of aromatic nitrogens is 1. The van der Waals surface area contributed by atoms with Crippen LogP contribution >= 0.6 is 0 Å². The number of aliphatic hydroxyl groups excluding tert-OH is 1. The number of aliphatic hydroxyl groups is 1. The minimum atomic E-state index is -0.281. The summed E-state index contributed by atoms with van der Waals surface area (Å²) in [5, 5.41) is 12.2. The van der Waals surface area contributed by atoms with Crippen molar-refractivity contribution in [1.29, 1.82) is 0 Å². The van der Waals surface area contributed by atoms with Crippen LogP contribution in [-0.2, 0) is 0 Å². The van der Waals surface area contributed by atoms with Crippen molar-refractivity contribution in [2.24, 2.45) is 0 Å². The summed E-state index contributed by atoms with van der Waals surface area (Å²) in [6, 6.07) is 4.59. The van der Waals surface area contributed by atoms with Gasteiger partial charge in [0.2, 0.25) is 5.56 Å². The zero-order chi connectivity index (χ0) is 12.3. The number of amides is 1. The van der Waals surface area contributed by atoms with Crippen molar-refractivity contribution < 1.29 is 9.90 Å². The first-order valence-electron chi connectivity index (χ1n) is 5.83. The van der Waals surface area contributed by atoms with Gasteiger partial charge in [0.1, 0.15) is 5.69 Å². The summed E-state index contributed by atoms with van der Waals surface area (Å²) in [4.78, 5) is 25.4. The summed E-state index contributed by atoms with van der Waals surface area (Å²) in [7, 11) is 0. The van der Waals surface area contributed by atoms with Crippen LogP contribution < -0.4 is 10.9 Å². The van der Waals surface area contributed by atoms with E-state index in [1.807, 2.05) is 0 Å². The summed E-state index contributed by atoms with van der Waals surface area (Å²) in [6.45, 7) is 0. The van der Waals surface area contributed by atoms with Crippen LogP contribution in [0.3, 0.4) is 0 Å². The Kier molecular flexibility index (Phi) is 3.58. The van der Waals surface area contributed by atoms with E-state index in [9.17, 15) is 14.7 Å². The van der Waals surface area contributed by atoms with E-state index in [1.165, 1.54) is 6.07 Å². The molecule has 5 heteroatoms. The molecule has 1 saturated carbocycles. The standard InChI is InChI=1S/C12H16N2O3/c15-9-6-4-8(5-7-9)13-12(17)10-2-1-3-11(16)14-10/h1-3,8-9,15H,4-7H2,(H,13,17)(H,14,16). The lowest BCUT2D eigenvalue weighted by Crippen LogP contribution is -2.39. The second-order valence-corrected chi connectivity index (χ2v) is 4.41. The normalized spacial score (nSPS) is 24.3. The number of nitrogens with one attached hydrogen (secondary N) is 2. The molecule has 0 aromatic carbocycles. The number of carbonyl (C=O) groups is 1. The SMILES string of the molecule is O=C(NC1CCC(O)CC1)c1cccc(=O)[nH]1. The van der Waals surface area contributed by atoms with Gasteiger partial charge in [-0.25, -0.2) is 0 Å². The van der Waals surface area contributed by atoms with E-state index >= 15 is 0 Å². The molecule has 1 aliphatic rings. The van der Waals surface area contributed by atoms with E-state index in [-0.39, 0.29) is 29.3 Å². The molecule has 5 nitrogen and oxygen atoms in total. The highest BCUT2D eigenvalue weighted by atomic mass is 16.3. The van der Waals surface area contributed by atoms with Gasteiger partial charge in [-0.15, -0.1) is 0 Å². The molecule has 3 N–H and O–H groups in total. The van der Waals surface area contributed by atoms with Gasteiger partial charge >= 0.3 is 0 Å². The van der Waals surface area contributed by atoms with Crippen molar-refractivity contribution in [3.63, 3.8) is 0 Å². The van der Waals surface area contributed by atoms with Crippen LogP contribution in [0.25, 0.3) is 0 Å². The third-order valence-electron chi connectivity index (χ3n) is 3.04. The second kappa shape index (κ2) is 5.14. The van der Waals surface area contributed by atoms with Gasteiger partial charge < -0.3 is 15.4 Å². The Morgan fingerprint density at radius 2 is 2.00 bits per heavy atom. The zero-order valence-electron chi connectivity index (χ0n) is 9.48. The summed E-state index contributed by atoms with van der Waals surface area (Å²) in [5.41, 5.74) is 0.000313. The van der Waals surface area contributed by atoms with Crippen molar-refractivity contribution in [1.82, 2.24) is 10.3 Å². The van der Waals surface area contributed by atoms with Crippen molar-refractivity contribution in [3.05, 3.63) is 34.2 Å². The number of hydrogen-bond donors (Lipinski definition) is 3. The molecule has 0 atom stereocenters. The van der Waals surface area contributed by atoms with Crippen molar-refractivity contribution >= 4 is 5.91 Å². The van der Waals surface area contributed by atoms with Crippen LogP contribution in [0.2, 0.25) is 0 Å². The van der Waals surface area contributed by atoms with Gasteiger partial charge in [0, 0.05) is 12.1 Å². The van der Waals surface area contributed by atoms with Crippen LogP contribution in [0.4, 0.5) is 0 Å². The highest BCUT2D eigenvalue weighted by molar-refractivity contribution is 5.92. The number of hydrogen-bond acceptors (Lipinski definition) is 3. The maximum atomic E-state index is 11.8. The Hall–Kier alpha value is -1.62. The molecule has 0 radical (unpaired) electrons. The number of H-pyrrole nitrogens is 1. The Morgan fingerprint density at radius 3 is 2.65 bits per heavy atom. The van der Waals surface area contributed by atoms with Crippen LogP contribution in [0, 0.1) is 0 Å². The molecule has 0 bridgehead atoms. The summed E-state index contributed by atoms with van der Waals surface area (Å²) >= 11 is 0. The Morgan fingerprint density at radius 1 is 1.29 bits per heavy atom. The third kappa shape index (κ3) is 3.17. The average Bonchev–Trinajstić information content (AvgIpc) is 2.32. The number of pyridine rings is 1. The van der Waals surface area contributed by atoms with Crippen LogP contribution in [-0.4, -0.2) is 28.1 Å². The smallest absolute Gasteiger partial charge is 0.268 e. The Balaban J connectivity index is 1.95. The van der Waals surface area contributed by atoms with Gasteiger partial charge in [0.25, 0.3) is 5.91 Å². The highest BCUT2D eigenvalue weighted by Gasteiger charge is 2.21. The summed E-state index contributed by atoms with van der Waals surface area (Å²) in [6.07, 6.45) is 2.76. The lowest BCUT2D eigenvalue weighted by atomic mass is 9.93. The molecule has 17 heavy (non-hydrogen) atoms. The molecule has 1 fully saturated rings. The molecule has 1 aliphatic carbocycles. The Bertz CT molecular complexity index is 447. The number of aromatic amines is 1. The molecule has 92 valence electrons. The molecular weight excluding hydrogens is 220 g/mol. The van der Waals surface area contributed by atoms with Gasteiger partial charge in [0.15, 0.2) is 0 Å². The summed E-state index contributed by atoms with van der Waals surface area (Å²) in [5.74, 6) is -0.260. The lowest BCUT2D eigenvalue weighted by Gasteiger charge is -2.26. The minimum Gasteiger partial charge on any atom is -0.393 e. The molecule has 0 unspecified atom stereocenters. The van der Waals surface area contributed by atoms with Gasteiger partial charge in [-0.2, -0.15) is 0 Å². The third-order valence-corrected chi connectivity index (χ3v) is 3.04. The van der Waals surface area contributed by atoms with Crippen LogP contribution in [0.5, 0.6) is 0 Å². The first-order chi connectivity index (χ1) is 8.15. The molecule has 1 aromatic heterocycles. The van der Waals surface area contributed by atoms with Crippen LogP contribution in [0.15, 0.2) is 23.0 Å². The fraction of sp³-hybridized carbons (Fsp3) is 0.500. The minimum absolute atomic E-state index is 0.0922. The van der Waals surface area contributed by atoms with Crippen molar-refractivity contribution in [3.8, 4) is 0 Å². The van der Waals surface area contributed by atoms with Gasteiger partial charge in [-0.05, 0) is 31.7 Å². The summed E-state index contributed by atoms with van der Waals surface area (Å²) < 4.78 is 0. The first-order valence-corrected chi connectivity index (χ1v) is 5.83. The highest BCUT2D eigenvalue weighted by Crippen LogP contribution is 2.18. The monoisotopic (exact) mass is 236 g/mol. The average molecular weight is 236 g/mol. The van der Waals surface area contributed by atoms with E-state index in [1.54, 1.807) is 12.1 Å². The maximum absolute atomic E-state index is 11.8. The van der Waals surface area contributed by atoms with Gasteiger partial charge in [0.05, 0.1) is 6.10 Å².